The summed E-state index contributed by atoms with van der Waals surface area (Å²) in [6, 6.07) is 9.54. The van der Waals surface area contributed by atoms with Gasteiger partial charge in [0.05, 0.1) is 18.3 Å². The zero-order valence-electron chi connectivity index (χ0n) is 20.7. The number of rotatable bonds is 8. The number of nitrogens with one attached hydrogen (secondary N) is 1. The second kappa shape index (κ2) is 10.7. The molecule has 37 heavy (non-hydrogen) atoms. The number of halogens is 3. The maximum Gasteiger partial charge on any atom is 0.573 e. The number of hydrogen-bond acceptors (Lipinski definition) is 5. The second-order valence-corrected chi connectivity index (χ2v) is 9.74. The number of ether oxygens (including phenoxy) is 2. The van der Waals surface area contributed by atoms with E-state index in [0.29, 0.717) is 31.9 Å². The van der Waals surface area contributed by atoms with Crippen LogP contribution in [0.1, 0.15) is 37.9 Å². The average Bonchev–Trinajstić information content (AvgIpc) is 3.63. The van der Waals surface area contributed by atoms with Gasteiger partial charge < -0.3 is 24.3 Å². The van der Waals surface area contributed by atoms with Gasteiger partial charge in [-0.15, -0.1) is 13.2 Å². The highest BCUT2D eigenvalue weighted by Crippen LogP contribution is 2.36. The van der Waals surface area contributed by atoms with Gasteiger partial charge in [0.15, 0.2) is 0 Å². The first-order valence-corrected chi connectivity index (χ1v) is 12.7. The SMILES string of the molecule is C[C@H](c1cn(CC2C=C(OC(F)(F)F)C=CC2)c(-c2ccccc2)n1)N(C(=O)[C@H]1CNCCO1)C1CC1. The summed E-state index contributed by atoms with van der Waals surface area (Å²) in [5.41, 5.74) is 1.64. The molecule has 2 fully saturated rings. The number of carbonyl (C=O) groups excluding carboxylic acids is 1. The molecule has 1 unspecified atom stereocenters. The molecule has 1 saturated carbocycles. The smallest absolute Gasteiger partial charge is 0.406 e. The Morgan fingerprint density at radius 3 is 2.76 bits per heavy atom. The number of alkyl halides is 3. The normalized spacial score (nSPS) is 22.9. The summed E-state index contributed by atoms with van der Waals surface area (Å²) >= 11 is 0. The first-order chi connectivity index (χ1) is 17.8. The summed E-state index contributed by atoms with van der Waals surface area (Å²) in [6.07, 6.45) is 3.71. The first kappa shape index (κ1) is 25.5. The molecule has 3 aliphatic rings. The molecule has 1 aliphatic heterocycles. The van der Waals surface area contributed by atoms with Crippen LogP contribution in [-0.2, 0) is 20.8 Å². The maximum atomic E-state index is 13.4. The minimum absolute atomic E-state index is 0.0349. The molecule has 2 aliphatic carbocycles. The number of allylic oxidation sites excluding steroid dienone is 3. The van der Waals surface area contributed by atoms with Crippen molar-refractivity contribution in [2.24, 2.45) is 5.92 Å². The van der Waals surface area contributed by atoms with Crippen molar-refractivity contribution in [1.29, 1.82) is 0 Å². The molecule has 1 saturated heterocycles. The van der Waals surface area contributed by atoms with E-state index in [9.17, 15) is 18.0 Å². The Labute approximate surface area is 213 Å². The van der Waals surface area contributed by atoms with E-state index in [1.54, 1.807) is 6.08 Å². The summed E-state index contributed by atoms with van der Waals surface area (Å²) in [7, 11) is 0. The standard InChI is InChI=1S/C27H31F3N4O3/c1-18(34(21-10-11-21)26(35)24-15-31-12-13-36-24)23-17-33(25(32-23)20-7-3-2-4-8-20)16-19-6-5-9-22(14-19)37-27(28,29)30/h2-5,7-9,14,17-19,21,24,31H,6,10-13,15-16H2,1H3/t18-,19?,24-/m1/s1. The monoisotopic (exact) mass is 516 g/mol. The molecule has 1 aromatic carbocycles. The van der Waals surface area contributed by atoms with Gasteiger partial charge in [-0.25, -0.2) is 4.98 Å². The topological polar surface area (TPSA) is 68.6 Å². The van der Waals surface area contributed by atoms with Crippen LogP contribution in [0.15, 0.2) is 60.5 Å². The van der Waals surface area contributed by atoms with Crippen LogP contribution >= 0.6 is 0 Å². The van der Waals surface area contributed by atoms with Crippen molar-refractivity contribution in [3.63, 3.8) is 0 Å². The van der Waals surface area contributed by atoms with Crippen molar-refractivity contribution < 1.29 is 27.4 Å². The van der Waals surface area contributed by atoms with Crippen molar-refractivity contribution in [2.75, 3.05) is 19.7 Å². The van der Waals surface area contributed by atoms with E-state index in [-0.39, 0.29) is 29.7 Å². The third-order valence-electron chi connectivity index (χ3n) is 6.86. The van der Waals surface area contributed by atoms with Crippen LogP contribution in [0, 0.1) is 5.92 Å². The molecular formula is C27H31F3N4O3. The van der Waals surface area contributed by atoms with Gasteiger partial charge in [0.25, 0.3) is 5.91 Å². The van der Waals surface area contributed by atoms with Crippen LogP contribution < -0.4 is 5.32 Å². The summed E-state index contributed by atoms with van der Waals surface area (Å²) < 4.78 is 50.1. The number of nitrogens with zero attached hydrogens (tertiary/aromatic N) is 3. The quantitative estimate of drug-likeness (QED) is 0.556. The van der Waals surface area contributed by atoms with Gasteiger partial charge in [0.2, 0.25) is 0 Å². The predicted octanol–water partition coefficient (Wildman–Crippen LogP) is 4.59. The van der Waals surface area contributed by atoms with Crippen molar-refractivity contribution >= 4 is 5.91 Å². The number of morpholine rings is 1. The van der Waals surface area contributed by atoms with Crippen LogP contribution in [0.5, 0.6) is 0 Å². The molecule has 0 bridgehead atoms. The van der Waals surface area contributed by atoms with Gasteiger partial charge in [-0.2, -0.15) is 0 Å². The molecule has 1 amide bonds. The van der Waals surface area contributed by atoms with Crippen LogP contribution in [0.4, 0.5) is 13.2 Å². The van der Waals surface area contributed by atoms with E-state index in [2.05, 4.69) is 10.1 Å². The first-order valence-electron chi connectivity index (χ1n) is 12.7. The predicted molar refractivity (Wildman–Crippen MR) is 131 cm³/mol. The van der Waals surface area contributed by atoms with E-state index < -0.39 is 12.5 Å². The largest absolute Gasteiger partial charge is 0.573 e. The lowest BCUT2D eigenvalue weighted by Crippen LogP contribution is -2.50. The fourth-order valence-electron chi connectivity index (χ4n) is 4.96. The van der Waals surface area contributed by atoms with Crippen molar-refractivity contribution in [3.8, 4) is 11.4 Å². The highest BCUT2D eigenvalue weighted by molar-refractivity contribution is 5.82. The summed E-state index contributed by atoms with van der Waals surface area (Å²) in [5.74, 6) is 0.269. The molecule has 198 valence electrons. The lowest BCUT2D eigenvalue weighted by Gasteiger charge is -2.33. The molecule has 10 heteroatoms. The molecule has 2 heterocycles. The Morgan fingerprint density at radius 2 is 2.08 bits per heavy atom. The van der Waals surface area contributed by atoms with Crippen molar-refractivity contribution in [1.82, 2.24) is 19.8 Å². The van der Waals surface area contributed by atoms with Gasteiger partial charge in [-0.05, 0) is 38.3 Å². The zero-order chi connectivity index (χ0) is 26.0. The molecular weight excluding hydrogens is 485 g/mol. The molecule has 7 nitrogen and oxygen atoms in total. The van der Waals surface area contributed by atoms with Gasteiger partial charge in [0.1, 0.15) is 17.7 Å². The summed E-state index contributed by atoms with van der Waals surface area (Å²) in [5, 5.41) is 3.22. The Balaban J connectivity index is 1.42. The summed E-state index contributed by atoms with van der Waals surface area (Å²) in [4.78, 5) is 20.3. The van der Waals surface area contributed by atoms with Gasteiger partial charge in [-0.3, -0.25) is 4.79 Å². The van der Waals surface area contributed by atoms with E-state index in [1.807, 2.05) is 52.9 Å². The number of aromatic nitrogens is 2. The second-order valence-electron chi connectivity index (χ2n) is 9.74. The highest BCUT2D eigenvalue weighted by atomic mass is 19.4. The summed E-state index contributed by atoms with van der Waals surface area (Å²) in [6.45, 7) is 4.12. The van der Waals surface area contributed by atoms with Crippen LogP contribution in [0.25, 0.3) is 11.4 Å². The fraction of sp³-hybridized carbons (Fsp3) is 0.481. The molecule has 1 N–H and O–H groups in total. The molecule has 3 atom stereocenters. The molecule has 5 rings (SSSR count). The lowest BCUT2D eigenvalue weighted by molar-refractivity contribution is -0.303. The molecule has 0 spiro atoms. The number of hydrogen-bond donors (Lipinski definition) is 1. The molecule has 1 aromatic heterocycles. The van der Waals surface area contributed by atoms with Gasteiger partial charge in [0, 0.05) is 43.4 Å². The highest BCUT2D eigenvalue weighted by Gasteiger charge is 2.41. The Kier molecular flexibility index (Phi) is 7.39. The third kappa shape index (κ3) is 6.24. The molecule has 2 aromatic rings. The minimum atomic E-state index is -4.73. The number of benzene rings is 1. The fourth-order valence-corrected chi connectivity index (χ4v) is 4.96. The van der Waals surface area contributed by atoms with E-state index >= 15 is 0 Å². The molecule has 0 radical (unpaired) electrons. The van der Waals surface area contributed by atoms with E-state index in [4.69, 9.17) is 9.72 Å². The van der Waals surface area contributed by atoms with E-state index in [1.165, 1.54) is 12.2 Å². The van der Waals surface area contributed by atoms with Crippen LogP contribution in [0.3, 0.4) is 0 Å². The minimum Gasteiger partial charge on any atom is -0.406 e. The third-order valence-corrected chi connectivity index (χ3v) is 6.86. The van der Waals surface area contributed by atoms with Crippen LogP contribution in [-0.4, -0.2) is 58.6 Å². The Bertz CT molecular complexity index is 1150. The number of imidazole rings is 1. The van der Waals surface area contributed by atoms with Crippen molar-refractivity contribution in [2.45, 2.75) is 57.3 Å². The van der Waals surface area contributed by atoms with Crippen molar-refractivity contribution in [3.05, 3.63) is 66.2 Å². The Morgan fingerprint density at radius 1 is 1.30 bits per heavy atom. The van der Waals surface area contributed by atoms with Gasteiger partial charge >= 0.3 is 6.36 Å². The lowest BCUT2D eigenvalue weighted by atomic mass is 9.99. The maximum absolute atomic E-state index is 13.4. The number of amides is 1. The number of carbonyl (C=O) groups is 1. The van der Waals surface area contributed by atoms with Crippen LogP contribution in [0.2, 0.25) is 0 Å². The average molecular weight is 517 g/mol. The Hall–Kier alpha value is -3.11. The van der Waals surface area contributed by atoms with Gasteiger partial charge in [-0.1, -0.05) is 36.4 Å². The zero-order valence-corrected chi connectivity index (χ0v) is 20.7. The van der Waals surface area contributed by atoms with E-state index in [0.717, 1.165) is 30.6 Å².